The van der Waals surface area contributed by atoms with Crippen LogP contribution in [0.1, 0.15) is 56.4 Å². The summed E-state index contributed by atoms with van der Waals surface area (Å²) in [6, 6.07) is 27.7. The van der Waals surface area contributed by atoms with Crippen LogP contribution in [0, 0.1) is 0 Å². The first kappa shape index (κ1) is 39.0. The Morgan fingerprint density at radius 3 is 2.53 bits per heavy atom. The number of unbranched alkanes of at least 4 members (excludes halogenated alkanes) is 1. The number of pyridine rings is 1. The van der Waals surface area contributed by atoms with Crippen LogP contribution in [0.25, 0.3) is 39.2 Å². The Hall–Kier alpha value is -5.69. The molecule has 6 aromatic rings. The predicted molar refractivity (Wildman–Crippen MR) is 221 cm³/mol. The van der Waals surface area contributed by atoms with Gasteiger partial charge in [-0.3, -0.25) is 14.7 Å². The second-order valence-electron chi connectivity index (χ2n) is 15.3. The zero-order valence-corrected chi connectivity index (χ0v) is 32.8. The van der Waals surface area contributed by atoms with Crippen molar-refractivity contribution in [3.8, 4) is 16.9 Å². The summed E-state index contributed by atoms with van der Waals surface area (Å²) in [4.78, 5) is 39.2. The highest BCUT2D eigenvalue weighted by Gasteiger charge is 2.39. The number of carboxylic acid groups (broad SMARTS) is 1. The molecule has 286 valence electrons. The minimum atomic E-state index is -2.24. The molecule has 0 fully saturated rings. The third-order valence-corrected chi connectivity index (χ3v) is 14.8. The van der Waals surface area contributed by atoms with E-state index in [0.717, 1.165) is 38.7 Å². The summed E-state index contributed by atoms with van der Waals surface area (Å²) in [5, 5.41) is 26.6. The maximum atomic E-state index is 12.9. The Morgan fingerprint density at radius 2 is 1.78 bits per heavy atom. The number of benzene rings is 4. The molecular weight excluding hydrogens is 713 g/mol. The summed E-state index contributed by atoms with van der Waals surface area (Å²) in [5.41, 5.74) is 6.23. The highest BCUT2D eigenvalue weighted by Crippen LogP contribution is 2.41. The largest absolute Gasteiger partial charge is 0.506 e. The van der Waals surface area contributed by atoms with E-state index >= 15 is 0 Å². The monoisotopic (exact) mass is 760 g/mol. The molecule has 0 bridgehead atoms. The number of hydrogen-bond donors (Lipinski definition) is 5. The van der Waals surface area contributed by atoms with Gasteiger partial charge < -0.3 is 29.4 Å². The molecule has 0 aliphatic rings. The van der Waals surface area contributed by atoms with Gasteiger partial charge in [0, 0.05) is 36.7 Å². The summed E-state index contributed by atoms with van der Waals surface area (Å²) in [6.07, 6.45) is 3.88. The molecule has 0 radical (unpaired) electrons. The number of hydrogen-bond acceptors (Lipinski definition) is 7. The van der Waals surface area contributed by atoms with Gasteiger partial charge in [-0.15, -0.1) is 0 Å². The van der Waals surface area contributed by atoms with Crippen molar-refractivity contribution in [3.63, 3.8) is 0 Å². The first-order valence-corrected chi connectivity index (χ1v) is 21.3. The molecule has 2 heterocycles. The molecule has 4 aromatic carbocycles. The van der Waals surface area contributed by atoms with Crippen LogP contribution in [0.3, 0.4) is 0 Å². The third kappa shape index (κ3) is 9.17. The molecule has 0 spiro atoms. The molecule has 55 heavy (non-hydrogen) atoms. The number of anilines is 1. The van der Waals surface area contributed by atoms with E-state index in [1.807, 2.05) is 84.9 Å². The number of nitrogens with one attached hydrogen (secondary N) is 3. The van der Waals surface area contributed by atoms with Crippen molar-refractivity contribution < 1.29 is 23.9 Å². The Balaban J connectivity index is 1.11. The maximum absolute atomic E-state index is 12.9. The fourth-order valence-corrected chi connectivity index (χ4v) is 7.68. The standard InChI is InChI=1S/C43H48N4O7Si/c1-43(2,3)55(4,5)54-38(32-18-21-36(48)40-33(32)19-22-39(49)46-40)27-44-26-29-16-20-35-37(25-29)53-42(52)47(35)23-11-7-8-12-28-15-17-31(30-13-9-6-10-14-30)34(24-28)45-41(50)51/h6,8-10,12-22,24-25,38,44-45,48H,7,11,23,26-27H2,1-5H3,(H,46,49)(H,50,51)/b12-8+. The summed E-state index contributed by atoms with van der Waals surface area (Å²) in [6.45, 7) is 12.4. The molecule has 0 aliphatic carbocycles. The van der Waals surface area contributed by atoms with E-state index in [1.54, 1.807) is 16.7 Å². The quantitative estimate of drug-likeness (QED) is 0.0543. The lowest BCUT2D eigenvalue weighted by Crippen LogP contribution is -2.43. The fraction of sp³-hybridized carbons (Fsp3) is 0.279. The lowest BCUT2D eigenvalue weighted by atomic mass is 10.0. The second-order valence-corrected chi connectivity index (χ2v) is 20.0. The Bertz CT molecular complexity index is 2460. The normalized spacial score (nSPS) is 12.8. The van der Waals surface area contributed by atoms with E-state index in [-0.39, 0.29) is 22.5 Å². The van der Waals surface area contributed by atoms with Crippen molar-refractivity contribution in [1.82, 2.24) is 14.9 Å². The predicted octanol–water partition coefficient (Wildman–Crippen LogP) is 9.24. The zero-order chi connectivity index (χ0) is 39.3. The van der Waals surface area contributed by atoms with Gasteiger partial charge in [0.25, 0.3) is 0 Å². The number of carbonyl (C=O) groups is 1. The summed E-state index contributed by atoms with van der Waals surface area (Å²) in [7, 11) is -2.24. The summed E-state index contributed by atoms with van der Waals surface area (Å²) < 4.78 is 14.2. The van der Waals surface area contributed by atoms with Gasteiger partial charge in [-0.1, -0.05) is 87.5 Å². The topological polar surface area (TPSA) is 159 Å². The van der Waals surface area contributed by atoms with Gasteiger partial charge in [-0.05, 0) is 83.6 Å². The van der Waals surface area contributed by atoms with Crippen LogP contribution < -0.4 is 21.9 Å². The number of nitrogens with zero attached hydrogens (tertiary/aromatic N) is 1. The highest BCUT2D eigenvalue weighted by atomic mass is 28.4. The van der Waals surface area contributed by atoms with E-state index in [1.165, 1.54) is 6.07 Å². The van der Waals surface area contributed by atoms with Crippen LogP contribution in [0.5, 0.6) is 5.75 Å². The first-order valence-electron chi connectivity index (χ1n) is 18.4. The number of allylic oxidation sites excluding steroid dienone is 1. The van der Waals surface area contributed by atoms with Gasteiger partial charge >= 0.3 is 11.8 Å². The second kappa shape index (κ2) is 16.4. The first-order chi connectivity index (χ1) is 26.2. The number of amides is 1. The summed E-state index contributed by atoms with van der Waals surface area (Å²) in [5.74, 6) is -0.408. The molecule has 0 saturated heterocycles. The van der Waals surface area contributed by atoms with Crippen molar-refractivity contribution >= 4 is 48.2 Å². The summed E-state index contributed by atoms with van der Waals surface area (Å²) >= 11 is 0. The van der Waals surface area contributed by atoms with E-state index in [4.69, 9.17) is 8.84 Å². The highest BCUT2D eigenvalue weighted by molar-refractivity contribution is 6.74. The van der Waals surface area contributed by atoms with Gasteiger partial charge in [0.05, 0.1) is 22.8 Å². The van der Waals surface area contributed by atoms with E-state index < -0.39 is 20.2 Å². The lowest BCUT2D eigenvalue weighted by molar-refractivity contribution is 0.181. The van der Waals surface area contributed by atoms with Gasteiger partial charge in [-0.25, -0.2) is 9.59 Å². The van der Waals surface area contributed by atoms with E-state index in [9.17, 15) is 24.6 Å². The molecule has 5 N–H and O–H groups in total. The molecule has 2 aromatic heterocycles. The maximum Gasteiger partial charge on any atom is 0.419 e. The molecule has 6 rings (SSSR count). The molecule has 1 amide bonds. The molecular formula is C43H48N4O7Si. The minimum Gasteiger partial charge on any atom is -0.506 e. The number of rotatable bonds is 14. The van der Waals surface area contributed by atoms with Gasteiger partial charge in [0.1, 0.15) is 5.75 Å². The number of phenolic OH excluding ortho intramolecular Hbond substituents is 1. The third-order valence-electron chi connectivity index (χ3n) is 10.3. The molecule has 0 aliphatic heterocycles. The Labute approximate surface area is 320 Å². The van der Waals surface area contributed by atoms with Crippen LogP contribution in [-0.4, -0.2) is 40.7 Å². The van der Waals surface area contributed by atoms with Crippen molar-refractivity contribution in [2.24, 2.45) is 0 Å². The minimum absolute atomic E-state index is 0.00417. The lowest BCUT2D eigenvalue weighted by Gasteiger charge is -2.39. The zero-order valence-electron chi connectivity index (χ0n) is 31.8. The van der Waals surface area contributed by atoms with Crippen molar-refractivity contribution in [2.45, 2.75) is 70.9 Å². The number of aromatic nitrogens is 2. The van der Waals surface area contributed by atoms with Crippen LogP contribution in [0.4, 0.5) is 10.5 Å². The Kier molecular flexibility index (Phi) is 11.6. The number of aromatic amines is 1. The van der Waals surface area contributed by atoms with Crippen LogP contribution in [-0.2, 0) is 17.5 Å². The number of aryl methyl sites for hydroxylation is 1. The number of fused-ring (bicyclic) bond motifs is 2. The average molecular weight is 761 g/mol. The van der Waals surface area contributed by atoms with E-state index in [0.29, 0.717) is 49.3 Å². The molecule has 1 unspecified atom stereocenters. The number of phenols is 1. The van der Waals surface area contributed by atoms with Gasteiger partial charge in [0.15, 0.2) is 13.9 Å². The number of aromatic hydroxyl groups is 1. The molecule has 1 atom stereocenters. The van der Waals surface area contributed by atoms with Gasteiger partial charge in [0.2, 0.25) is 5.56 Å². The van der Waals surface area contributed by atoms with Crippen molar-refractivity contribution in [2.75, 3.05) is 11.9 Å². The van der Waals surface area contributed by atoms with Crippen LogP contribution in [0.15, 0.2) is 111 Å². The molecule has 0 saturated carbocycles. The smallest absolute Gasteiger partial charge is 0.419 e. The van der Waals surface area contributed by atoms with Crippen LogP contribution >= 0.6 is 0 Å². The SMILES string of the molecule is CC(C)(C)[Si](C)(C)OC(CNCc1ccc2c(c1)oc(=O)n2CCC/C=C/c1ccc(-c2ccccc2)c(NC(=O)O)c1)c1ccc(O)c2[nH]c(=O)ccc12. The number of H-pyrrole nitrogens is 1. The molecule has 11 nitrogen and oxygen atoms in total. The number of oxazole rings is 1. The van der Waals surface area contributed by atoms with Crippen molar-refractivity contribution in [3.05, 3.63) is 135 Å². The Morgan fingerprint density at radius 1 is 1.00 bits per heavy atom. The molecule has 12 heteroatoms. The van der Waals surface area contributed by atoms with E-state index in [2.05, 4.69) is 49.5 Å². The van der Waals surface area contributed by atoms with Crippen LogP contribution in [0.2, 0.25) is 18.1 Å². The fourth-order valence-electron chi connectivity index (χ4n) is 6.41. The average Bonchev–Trinajstić information content (AvgIpc) is 3.44. The van der Waals surface area contributed by atoms with Gasteiger partial charge in [-0.2, -0.15) is 0 Å². The van der Waals surface area contributed by atoms with Crippen molar-refractivity contribution in [1.29, 1.82) is 0 Å².